The van der Waals surface area contributed by atoms with Crippen LogP contribution in [0, 0.1) is 0 Å². The average Bonchev–Trinajstić information content (AvgIpc) is 3.32. The Morgan fingerprint density at radius 1 is 0.123 bits per heavy atom. The molecular weight excluding hydrogens is 800 g/mol. The first-order chi connectivity index (χ1) is 32.2. The molecule has 0 aliphatic heterocycles. The molecule has 0 aromatic rings. The minimum atomic E-state index is -1.20. The van der Waals surface area contributed by atoms with Crippen LogP contribution in [-0.4, -0.2) is 24.6 Å². The normalized spacial score (nSPS) is 12.2. The summed E-state index contributed by atoms with van der Waals surface area (Å²) < 4.78 is 0. The molecule has 0 N–H and O–H groups in total. The fourth-order valence-electron chi connectivity index (χ4n) is 11.5. The van der Waals surface area contributed by atoms with Crippen molar-refractivity contribution in [1.29, 1.82) is 0 Å². The molecule has 0 aliphatic carbocycles. The molecule has 0 aromatic carbocycles. The Labute approximate surface area is 417 Å². The monoisotopic (exact) mass is 933 g/mol. The third kappa shape index (κ3) is 53.6. The molecule has 0 fully saturated rings. The second kappa shape index (κ2) is 58.7. The zero-order chi connectivity index (χ0) is 46.9. The van der Waals surface area contributed by atoms with E-state index in [4.69, 9.17) is 0 Å². The number of unbranched alkanes of at least 4 members (excludes halogenated alkanes) is 52. The van der Waals surface area contributed by atoms with Gasteiger partial charge in [-0.2, -0.15) is 0 Å². The summed E-state index contributed by atoms with van der Waals surface area (Å²) in [5, 5.41) is 0. The van der Waals surface area contributed by atoms with E-state index in [1.807, 2.05) is 0 Å². The Morgan fingerprint density at radius 3 is 0.323 bits per heavy atom. The maximum absolute atomic E-state index is 2.35. The van der Waals surface area contributed by atoms with Crippen LogP contribution >= 0.6 is 7.26 Å². The summed E-state index contributed by atoms with van der Waals surface area (Å²) in [5.74, 6) is 0. The Morgan fingerprint density at radius 2 is 0.215 bits per heavy atom. The molecule has 0 nitrogen and oxygen atoms in total. The van der Waals surface area contributed by atoms with Crippen molar-refractivity contribution in [1.82, 2.24) is 0 Å². The smallest absolute Gasteiger partial charge is 0.0654 e. The molecule has 0 unspecified atom stereocenters. The van der Waals surface area contributed by atoms with Crippen LogP contribution in [0.2, 0.25) is 0 Å². The van der Waals surface area contributed by atoms with Gasteiger partial charge in [-0.05, 0) is 0 Å². The third-order valence-electron chi connectivity index (χ3n) is 16.2. The molecule has 0 bridgehead atoms. The number of hydrogen-bond acceptors (Lipinski definition) is 0. The van der Waals surface area contributed by atoms with Crippen LogP contribution < -0.4 is 0 Å². The number of hydrogen-bond donors (Lipinski definition) is 0. The van der Waals surface area contributed by atoms with Gasteiger partial charge in [0.25, 0.3) is 0 Å². The van der Waals surface area contributed by atoms with Crippen molar-refractivity contribution in [3.05, 3.63) is 0 Å². The second-order valence-corrected chi connectivity index (χ2v) is 27.9. The van der Waals surface area contributed by atoms with Crippen molar-refractivity contribution in [3.8, 4) is 0 Å². The summed E-state index contributed by atoms with van der Waals surface area (Å²) in [7, 11) is -1.20. The van der Waals surface area contributed by atoms with Crippen LogP contribution in [0.15, 0.2) is 0 Å². The molecule has 394 valence electrons. The van der Waals surface area contributed by atoms with Crippen molar-refractivity contribution in [3.63, 3.8) is 0 Å². The van der Waals surface area contributed by atoms with E-state index >= 15 is 0 Å². The van der Waals surface area contributed by atoms with Crippen LogP contribution in [0.25, 0.3) is 0 Å². The Kier molecular flexibility index (Phi) is 59.1. The van der Waals surface area contributed by atoms with Crippen molar-refractivity contribution in [2.24, 2.45) is 0 Å². The molecule has 0 atom stereocenters. The zero-order valence-electron chi connectivity index (χ0n) is 46.9. The molecule has 1 heteroatoms. The number of rotatable bonds is 60. The predicted molar refractivity (Wildman–Crippen MR) is 309 cm³/mol. The molecule has 0 rings (SSSR count). The van der Waals surface area contributed by atoms with Gasteiger partial charge in [-0.1, -0.05) is 105 Å². The minimum Gasteiger partial charge on any atom is -0.0654 e. The minimum absolute atomic E-state index is 1.20. The van der Waals surface area contributed by atoms with Gasteiger partial charge in [-0.15, -0.1) is 0 Å². The summed E-state index contributed by atoms with van der Waals surface area (Å²) in [4.78, 5) is 0. The first-order valence-electron chi connectivity index (χ1n) is 32.2. The molecule has 0 aromatic heterocycles. The van der Waals surface area contributed by atoms with Gasteiger partial charge in [-0.25, -0.2) is 0 Å². The van der Waals surface area contributed by atoms with Gasteiger partial charge >= 0.3 is 314 Å². The fraction of sp³-hybridized carbons (Fsp3) is 1.00. The van der Waals surface area contributed by atoms with Gasteiger partial charge in [0.2, 0.25) is 0 Å². The van der Waals surface area contributed by atoms with Crippen molar-refractivity contribution < 1.29 is 0 Å². The third-order valence-corrected chi connectivity index (χ3v) is 21.9. The molecule has 0 amide bonds. The van der Waals surface area contributed by atoms with Crippen molar-refractivity contribution in [2.45, 2.75) is 387 Å². The van der Waals surface area contributed by atoms with Crippen LogP contribution in [-0.2, 0) is 0 Å². The Hall–Kier alpha value is 0.430. The first kappa shape index (κ1) is 65.4. The molecule has 0 spiro atoms. The van der Waals surface area contributed by atoms with Gasteiger partial charge < -0.3 is 0 Å². The van der Waals surface area contributed by atoms with Gasteiger partial charge in [0.15, 0.2) is 0 Å². The van der Waals surface area contributed by atoms with Crippen LogP contribution in [0.5, 0.6) is 0 Å². The second-order valence-electron chi connectivity index (χ2n) is 22.9. The van der Waals surface area contributed by atoms with E-state index in [0.29, 0.717) is 0 Å². The van der Waals surface area contributed by atoms with Crippen LogP contribution in [0.3, 0.4) is 0 Å². The van der Waals surface area contributed by atoms with E-state index in [2.05, 4.69) is 27.7 Å². The van der Waals surface area contributed by atoms with Crippen LogP contribution in [0.1, 0.15) is 387 Å². The summed E-state index contributed by atoms with van der Waals surface area (Å²) in [6.45, 7) is 9.35. The summed E-state index contributed by atoms with van der Waals surface area (Å²) in [6, 6.07) is 0. The first-order valence-corrected chi connectivity index (χ1v) is 35.1. The Bertz CT molecular complexity index is 720. The summed E-state index contributed by atoms with van der Waals surface area (Å²) >= 11 is 0. The van der Waals surface area contributed by atoms with E-state index in [0.717, 1.165) is 0 Å². The van der Waals surface area contributed by atoms with Crippen LogP contribution in [0.4, 0.5) is 0 Å². The molecule has 0 aliphatic rings. The standard InChI is InChI=1S/C64H133P/c1-5-9-13-17-21-25-29-32-35-38-42-46-50-54-58-62-65(61-57-53-49-45-41-28-24-20-16-12-8-4,63-59-55-51-47-43-39-36-33-30-26-22-18-14-10-6-2)64-60-56-52-48-44-40-37-34-31-27-23-19-15-11-7-3/h65H,5-64H2,1-4H3. The Balaban J connectivity index is 4.90. The van der Waals surface area contributed by atoms with Gasteiger partial charge in [0.1, 0.15) is 0 Å². The topological polar surface area (TPSA) is 0 Å². The summed E-state index contributed by atoms with van der Waals surface area (Å²) in [5.41, 5.74) is 0. The SMILES string of the molecule is CCCCCCCCCCCCCCCCC[PH](CCCCCCCCCCCCC)(CCCCCCCCCCCCCCCCC)CCCCCCCCCCCCCCCCC. The quantitative estimate of drug-likeness (QED) is 0.0421. The maximum atomic E-state index is 2.35. The summed E-state index contributed by atoms with van der Waals surface area (Å²) in [6.07, 6.45) is 90.6. The van der Waals surface area contributed by atoms with E-state index < -0.39 is 7.26 Å². The predicted octanol–water partition coefficient (Wildman–Crippen LogP) is 24.7. The van der Waals surface area contributed by atoms with Crippen molar-refractivity contribution in [2.75, 3.05) is 24.6 Å². The van der Waals surface area contributed by atoms with E-state index in [1.54, 1.807) is 76.0 Å². The molecule has 0 saturated carbocycles. The molecule has 0 heterocycles. The van der Waals surface area contributed by atoms with Gasteiger partial charge in [0, 0.05) is 0 Å². The molecule has 0 radical (unpaired) electrons. The molecule has 0 saturated heterocycles. The molecular formula is C64H133P. The van der Waals surface area contributed by atoms with Gasteiger partial charge in [-0.3, -0.25) is 0 Å². The fourth-order valence-corrected chi connectivity index (χ4v) is 17.0. The van der Waals surface area contributed by atoms with Crippen molar-refractivity contribution >= 4 is 7.26 Å². The van der Waals surface area contributed by atoms with Gasteiger partial charge in [0.05, 0.1) is 0 Å². The average molecular weight is 934 g/mol. The van der Waals surface area contributed by atoms with E-state index in [-0.39, 0.29) is 0 Å². The molecule has 65 heavy (non-hydrogen) atoms. The van der Waals surface area contributed by atoms with E-state index in [9.17, 15) is 0 Å². The zero-order valence-corrected chi connectivity index (χ0v) is 47.9. The van der Waals surface area contributed by atoms with E-state index in [1.165, 1.54) is 308 Å².